The number of aromatic carboxylic acids is 1. The fourth-order valence-electron chi connectivity index (χ4n) is 3.06. The number of nitrogens with two attached hydrogens (primary N) is 1. The van der Waals surface area contributed by atoms with E-state index < -0.39 is 24.3 Å². The van der Waals surface area contributed by atoms with Gasteiger partial charge in [-0.05, 0) is 55.6 Å². The van der Waals surface area contributed by atoms with Crippen LogP contribution in [0.5, 0.6) is 0 Å². The Balaban J connectivity index is 2.06. The zero-order chi connectivity index (χ0) is 19.1. The number of hydrogen-bond acceptors (Lipinski definition) is 4. The lowest BCUT2D eigenvalue weighted by atomic mass is 9.77. The predicted molar refractivity (Wildman–Crippen MR) is 104 cm³/mol. The lowest BCUT2D eigenvalue weighted by Crippen LogP contribution is -2.41. The Labute approximate surface area is 153 Å². The number of rotatable bonds is 4. The molecule has 1 aliphatic heterocycles. The molecular weight excluding hydrogens is 329 g/mol. The van der Waals surface area contributed by atoms with E-state index in [9.17, 15) is 9.90 Å². The lowest BCUT2D eigenvalue weighted by Gasteiger charge is -2.32. The van der Waals surface area contributed by atoms with Crippen LogP contribution in [0.3, 0.4) is 0 Å². The summed E-state index contributed by atoms with van der Waals surface area (Å²) < 4.78 is 12.2. The Morgan fingerprint density at radius 3 is 2.23 bits per heavy atom. The van der Waals surface area contributed by atoms with Crippen LogP contribution in [0.2, 0.25) is 0 Å². The highest BCUT2D eigenvalue weighted by molar-refractivity contribution is 6.56. The van der Waals surface area contributed by atoms with Gasteiger partial charge >= 0.3 is 13.1 Å². The predicted octanol–water partition coefficient (Wildman–Crippen LogP) is 3.51. The number of fused-ring (bicyclic) bond motifs is 1. The molecule has 1 fully saturated rings. The van der Waals surface area contributed by atoms with Crippen LogP contribution in [0.15, 0.2) is 41.9 Å². The molecule has 3 rings (SSSR count). The first-order valence-electron chi connectivity index (χ1n) is 8.67. The van der Waals surface area contributed by atoms with Gasteiger partial charge in [0, 0.05) is 6.54 Å². The number of carbonyl (C=O) groups is 1. The van der Waals surface area contributed by atoms with Gasteiger partial charge in [-0.3, -0.25) is 0 Å². The minimum absolute atomic E-state index is 0.280. The van der Waals surface area contributed by atoms with Crippen molar-refractivity contribution in [2.75, 3.05) is 6.54 Å². The maximum atomic E-state index is 11.5. The molecule has 0 atom stereocenters. The largest absolute Gasteiger partial charge is 0.491 e. The molecular formula is C20H24BNO4. The molecule has 1 heterocycles. The van der Waals surface area contributed by atoms with Crippen LogP contribution in [0, 0.1) is 0 Å². The molecule has 0 saturated carbocycles. The summed E-state index contributed by atoms with van der Waals surface area (Å²) >= 11 is 0. The third kappa shape index (κ3) is 3.16. The van der Waals surface area contributed by atoms with E-state index in [4.69, 9.17) is 15.0 Å². The molecule has 0 bridgehead atoms. The maximum Gasteiger partial charge on any atom is 0.491 e. The molecule has 0 amide bonds. The van der Waals surface area contributed by atoms with Gasteiger partial charge in [0.15, 0.2) is 0 Å². The first-order chi connectivity index (χ1) is 12.2. The third-order valence-corrected chi connectivity index (χ3v) is 5.32. The van der Waals surface area contributed by atoms with Gasteiger partial charge in [-0.25, -0.2) is 4.79 Å². The van der Waals surface area contributed by atoms with Crippen LogP contribution in [-0.4, -0.2) is 35.9 Å². The average molecular weight is 353 g/mol. The highest BCUT2D eigenvalue weighted by Crippen LogP contribution is 2.39. The van der Waals surface area contributed by atoms with E-state index in [2.05, 4.69) is 0 Å². The standard InChI is InChI=1S/C20H24BNO4/c1-19(2)20(3,4)26-21(25-19)14(12-22)11-13-7-5-9-16-15(13)8-6-10-17(16)18(23)24/h5-11H,12,22H2,1-4H3,(H,23,24). The van der Waals surface area contributed by atoms with E-state index >= 15 is 0 Å². The van der Waals surface area contributed by atoms with E-state index in [1.54, 1.807) is 12.1 Å². The summed E-state index contributed by atoms with van der Waals surface area (Å²) in [5, 5.41) is 11.0. The molecule has 2 aromatic rings. The Kier molecular flexibility index (Phi) is 4.69. The van der Waals surface area contributed by atoms with E-state index in [0.717, 1.165) is 16.4 Å². The van der Waals surface area contributed by atoms with Crippen molar-refractivity contribution in [2.24, 2.45) is 5.73 Å². The van der Waals surface area contributed by atoms with Gasteiger partial charge < -0.3 is 20.1 Å². The molecule has 0 spiro atoms. The molecule has 3 N–H and O–H groups in total. The monoisotopic (exact) mass is 353 g/mol. The summed E-state index contributed by atoms with van der Waals surface area (Å²) in [6.07, 6.45) is 1.94. The van der Waals surface area contributed by atoms with Gasteiger partial charge in [0.05, 0.1) is 16.8 Å². The second-order valence-electron chi connectivity index (χ2n) is 7.56. The SMILES string of the molecule is CC1(C)OB(C(=Cc2cccc3c(C(=O)O)cccc23)CN)OC1(C)C. The lowest BCUT2D eigenvalue weighted by molar-refractivity contribution is 0.00578. The van der Waals surface area contributed by atoms with Gasteiger partial charge in [-0.1, -0.05) is 36.4 Å². The van der Waals surface area contributed by atoms with Crippen molar-refractivity contribution in [3.05, 3.63) is 53.0 Å². The summed E-state index contributed by atoms with van der Waals surface area (Å²) in [4.78, 5) is 11.5. The van der Waals surface area contributed by atoms with E-state index in [0.29, 0.717) is 5.39 Å². The first kappa shape index (κ1) is 18.6. The van der Waals surface area contributed by atoms with Crippen molar-refractivity contribution in [3.63, 3.8) is 0 Å². The summed E-state index contributed by atoms with van der Waals surface area (Å²) in [6, 6.07) is 10.9. The van der Waals surface area contributed by atoms with Gasteiger partial charge in [0.1, 0.15) is 0 Å². The molecule has 1 saturated heterocycles. The Morgan fingerprint density at radius 2 is 1.65 bits per heavy atom. The van der Waals surface area contributed by atoms with E-state index in [-0.39, 0.29) is 12.1 Å². The van der Waals surface area contributed by atoms with Crippen LogP contribution in [0.25, 0.3) is 16.8 Å². The van der Waals surface area contributed by atoms with Crippen molar-refractivity contribution >= 4 is 29.9 Å². The minimum Gasteiger partial charge on any atom is -0.478 e. The normalized spacial score (nSPS) is 19.1. The van der Waals surface area contributed by atoms with Crippen LogP contribution in [-0.2, 0) is 9.31 Å². The summed E-state index contributed by atoms with van der Waals surface area (Å²) in [5.74, 6) is -0.943. The molecule has 1 aliphatic rings. The molecule has 2 aromatic carbocycles. The second-order valence-corrected chi connectivity index (χ2v) is 7.56. The average Bonchev–Trinajstić information content (AvgIpc) is 2.79. The van der Waals surface area contributed by atoms with Crippen LogP contribution in [0.4, 0.5) is 0 Å². The van der Waals surface area contributed by atoms with Crippen molar-refractivity contribution < 1.29 is 19.2 Å². The number of carboxylic acid groups (broad SMARTS) is 1. The highest BCUT2D eigenvalue weighted by atomic mass is 16.7. The minimum atomic E-state index is -0.943. The Bertz CT molecular complexity index is 873. The molecule has 0 aliphatic carbocycles. The summed E-state index contributed by atoms with van der Waals surface area (Å²) in [5.41, 5.74) is 7.08. The molecule has 0 aromatic heterocycles. The topological polar surface area (TPSA) is 81.8 Å². The first-order valence-corrected chi connectivity index (χ1v) is 8.67. The highest BCUT2D eigenvalue weighted by Gasteiger charge is 2.52. The fourth-order valence-corrected chi connectivity index (χ4v) is 3.06. The van der Waals surface area contributed by atoms with E-state index in [1.165, 1.54) is 0 Å². The van der Waals surface area contributed by atoms with Crippen LogP contribution < -0.4 is 5.73 Å². The maximum absolute atomic E-state index is 11.5. The van der Waals surface area contributed by atoms with Crippen molar-refractivity contribution in [1.82, 2.24) is 0 Å². The van der Waals surface area contributed by atoms with Crippen molar-refractivity contribution in [1.29, 1.82) is 0 Å². The zero-order valence-electron chi connectivity index (χ0n) is 15.6. The Hall–Kier alpha value is -2.15. The van der Waals surface area contributed by atoms with Crippen molar-refractivity contribution in [3.8, 4) is 0 Å². The number of hydrogen-bond donors (Lipinski definition) is 2. The molecule has 6 heteroatoms. The van der Waals surface area contributed by atoms with E-state index in [1.807, 2.05) is 58.0 Å². The van der Waals surface area contributed by atoms with Gasteiger partial charge in [-0.2, -0.15) is 0 Å². The van der Waals surface area contributed by atoms with Gasteiger partial charge in [0.2, 0.25) is 0 Å². The second kappa shape index (κ2) is 6.54. The Morgan fingerprint density at radius 1 is 1.08 bits per heavy atom. The molecule has 0 radical (unpaired) electrons. The zero-order valence-corrected chi connectivity index (χ0v) is 15.6. The van der Waals surface area contributed by atoms with Crippen LogP contribution in [0.1, 0.15) is 43.6 Å². The fraction of sp³-hybridized carbons (Fsp3) is 0.350. The smallest absolute Gasteiger partial charge is 0.478 e. The molecule has 26 heavy (non-hydrogen) atoms. The third-order valence-electron chi connectivity index (χ3n) is 5.32. The van der Waals surface area contributed by atoms with Gasteiger partial charge in [-0.15, -0.1) is 0 Å². The number of benzene rings is 2. The summed E-state index contributed by atoms with van der Waals surface area (Å²) in [6.45, 7) is 8.28. The quantitative estimate of drug-likeness (QED) is 0.822. The van der Waals surface area contributed by atoms with Crippen LogP contribution >= 0.6 is 0 Å². The van der Waals surface area contributed by atoms with Gasteiger partial charge in [0.25, 0.3) is 0 Å². The van der Waals surface area contributed by atoms with Crippen molar-refractivity contribution in [2.45, 2.75) is 38.9 Å². The number of carboxylic acids is 1. The summed E-state index contributed by atoms with van der Waals surface area (Å²) in [7, 11) is -0.525. The molecule has 5 nitrogen and oxygen atoms in total. The molecule has 0 unspecified atom stereocenters. The molecule has 136 valence electrons.